The van der Waals surface area contributed by atoms with Crippen LogP contribution in [0.2, 0.25) is 0 Å². The molecule has 0 aromatic carbocycles. The van der Waals surface area contributed by atoms with E-state index >= 15 is 0 Å². The van der Waals surface area contributed by atoms with Crippen LogP contribution in [0.15, 0.2) is 17.4 Å². The van der Waals surface area contributed by atoms with Gasteiger partial charge in [-0.2, -0.15) is 0 Å². The molecule has 1 unspecified atom stereocenters. The molecule has 5 heteroatoms. The molecular weight excluding hydrogens is 244 g/mol. The standard InChI is InChI=1S/C13H22N4S/c1-10(2)17(8-11-5-4-6-14-11)12-7-13(18-3)16-9-15-12/h7,9-11,14H,4-6,8H2,1-3H3. The van der Waals surface area contributed by atoms with E-state index in [0.717, 1.165) is 23.9 Å². The smallest absolute Gasteiger partial charge is 0.133 e. The fraction of sp³-hybridized carbons (Fsp3) is 0.692. The lowest BCUT2D eigenvalue weighted by atomic mass is 10.2. The van der Waals surface area contributed by atoms with Gasteiger partial charge in [-0.05, 0) is 39.5 Å². The monoisotopic (exact) mass is 266 g/mol. The summed E-state index contributed by atoms with van der Waals surface area (Å²) in [6.45, 7) is 6.62. The largest absolute Gasteiger partial charge is 0.352 e. The van der Waals surface area contributed by atoms with Crippen LogP contribution in [-0.2, 0) is 0 Å². The summed E-state index contributed by atoms with van der Waals surface area (Å²) in [5.74, 6) is 1.04. The van der Waals surface area contributed by atoms with Crippen LogP contribution < -0.4 is 10.2 Å². The van der Waals surface area contributed by atoms with E-state index in [9.17, 15) is 0 Å². The summed E-state index contributed by atoms with van der Waals surface area (Å²) in [4.78, 5) is 11.0. The molecule has 1 saturated heterocycles. The summed E-state index contributed by atoms with van der Waals surface area (Å²) in [6.07, 6.45) is 6.27. The number of anilines is 1. The van der Waals surface area contributed by atoms with Crippen molar-refractivity contribution in [3.05, 3.63) is 12.4 Å². The van der Waals surface area contributed by atoms with Crippen LogP contribution in [0.1, 0.15) is 26.7 Å². The minimum absolute atomic E-state index is 0.456. The SMILES string of the molecule is CSc1cc(N(CC2CCCN2)C(C)C)ncn1. The predicted molar refractivity (Wildman–Crippen MR) is 77.3 cm³/mol. The first-order valence-electron chi connectivity index (χ1n) is 6.56. The van der Waals surface area contributed by atoms with Gasteiger partial charge in [0.2, 0.25) is 0 Å². The second kappa shape index (κ2) is 6.38. The topological polar surface area (TPSA) is 41.0 Å². The lowest BCUT2D eigenvalue weighted by molar-refractivity contribution is 0.548. The third kappa shape index (κ3) is 3.36. The molecule has 1 atom stereocenters. The summed E-state index contributed by atoms with van der Waals surface area (Å²) < 4.78 is 0. The van der Waals surface area contributed by atoms with Crippen molar-refractivity contribution in [1.29, 1.82) is 0 Å². The van der Waals surface area contributed by atoms with Gasteiger partial charge in [-0.3, -0.25) is 0 Å². The van der Waals surface area contributed by atoms with Crippen molar-refractivity contribution < 1.29 is 0 Å². The van der Waals surface area contributed by atoms with Gasteiger partial charge >= 0.3 is 0 Å². The highest BCUT2D eigenvalue weighted by Crippen LogP contribution is 2.20. The minimum Gasteiger partial charge on any atom is -0.352 e. The van der Waals surface area contributed by atoms with Crippen molar-refractivity contribution in [2.45, 2.75) is 43.8 Å². The molecule has 0 bridgehead atoms. The van der Waals surface area contributed by atoms with Crippen LogP contribution in [0.3, 0.4) is 0 Å². The molecule has 1 aromatic heterocycles. The van der Waals surface area contributed by atoms with Crippen LogP contribution in [-0.4, -0.2) is 41.4 Å². The van der Waals surface area contributed by atoms with Crippen LogP contribution in [0.4, 0.5) is 5.82 Å². The Morgan fingerprint density at radius 3 is 2.94 bits per heavy atom. The van der Waals surface area contributed by atoms with Gasteiger partial charge in [0.1, 0.15) is 17.2 Å². The molecule has 2 heterocycles. The molecule has 1 N–H and O–H groups in total. The van der Waals surface area contributed by atoms with Crippen molar-refractivity contribution in [3.8, 4) is 0 Å². The Kier molecular flexibility index (Phi) is 4.83. The second-order valence-electron chi connectivity index (χ2n) is 4.96. The summed E-state index contributed by atoms with van der Waals surface area (Å²) in [7, 11) is 0. The highest BCUT2D eigenvalue weighted by molar-refractivity contribution is 7.98. The average Bonchev–Trinajstić information content (AvgIpc) is 2.88. The Hall–Kier alpha value is -0.810. The Balaban J connectivity index is 2.12. The number of thioether (sulfide) groups is 1. The van der Waals surface area contributed by atoms with Gasteiger partial charge in [0.25, 0.3) is 0 Å². The zero-order valence-electron chi connectivity index (χ0n) is 11.4. The first kappa shape index (κ1) is 13.6. The fourth-order valence-electron chi connectivity index (χ4n) is 2.32. The highest BCUT2D eigenvalue weighted by atomic mass is 32.2. The Morgan fingerprint density at radius 1 is 1.50 bits per heavy atom. The maximum atomic E-state index is 4.42. The number of nitrogens with zero attached hydrogens (tertiary/aromatic N) is 3. The second-order valence-corrected chi connectivity index (χ2v) is 5.78. The number of rotatable bonds is 5. The van der Waals surface area contributed by atoms with E-state index in [1.807, 2.05) is 6.26 Å². The first-order valence-corrected chi connectivity index (χ1v) is 7.79. The molecular formula is C13H22N4S. The van der Waals surface area contributed by atoms with Gasteiger partial charge in [-0.15, -0.1) is 11.8 Å². The maximum Gasteiger partial charge on any atom is 0.133 e. The van der Waals surface area contributed by atoms with Crippen LogP contribution in [0.25, 0.3) is 0 Å². The Morgan fingerprint density at radius 2 is 2.33 bits per heavy atom. The molecule has 1 fully saturated rings. The van der Waals surface area contributed by atoms with E-state index in [1.54, 1.807) is 18.1 Å². The van der Waals surface area contributed by atoms with E-state index in [-0.39, 0.29) is 0 Å². The lowest BCUT2D eigenvalue weighted by Crippen LogP contribution is -2.41. The quantitative estimate of drug-likeness (QED) is 0.653. The Labute approximate surface area is 114 Å². The molecule has 0 radical (unpaired) electrons. The molecule has 0 saturated carbocycles. The molecule has 1 aromatic rings. The van der Waals surface area contributed by atoms with Crippen molar-refractivity contribution in [2.24, 2.45) is 0 Å². The summed E-state index contributed by atoms with van der Waals surface area (Å²) in [6, 6.07) is 3.14. The number of nitrogens with one attached hydrogen (secondary N) is 1. The van der Waals surface area contributed by atoms with E-state index in [2.05, 4.69) is 40.1 Å². The third-order valence-corrected chi connectivity index (χ3v) is 3.98. The highest BCUT2D eigenvalue weighted by Gasteiger charge is 2.20. The van der Waals surface area contributed by atoms with Crippen molar-refractivity contribution in [1.82, 2.24) is 15.3 Å². The molecule has 0 amide bonds. The van der Waals surface area contributed by atoms with Crippen molar-refractivity contribution in [2.75, 3.05) is 24.2 Å². The molecule has 100 valence electrons. The summed E-state index contributed by atoms with van der Waals surface area (Å²) >= 11 is 1.66. The molecule has 1 aliphatic rings. The predicted octanol–water partition coefficient (Wildman–Crippen LogP) is 2.17. The normalized spacial score (nSPS) is 19.4. The van der Waals surface area contributed by atoms with Crippen molar-refractivity contribution >= 4 is 17.6 Å². The van der Waals surface area contributed by atoms with Gasteiger partial charge in [0.15, 0.2) is 0 Å². The maximum absolute atomic E-state index is 4.42. The summed E-state index contributed by atoms with van der Waals surface area (Å²) in [5.41, 5.74) is 0. The number of aromatic nitrogens is 2. The third-order valence-electron chi connectivity index (χ3n) is 3.33. The molecule has 0 aliphatic carbocycles. The van der Waals surface area contributed by atoms with E-state index in [1.165, 1.54) is 12.8 Å². The van der Waals surface area contributed by atoms with E-state index in [4.69, 9.17) is 0 Å². The number of hydrogen-bond acceptors (Lipinski definition) is 5. The van der Waals surface area contributed by atoms with Crippen molar-refractivity contribution in [3.63, 3.8) is 0 Å². The Bertz CT molecular complexity index is 377. The molecule has 0 spiro atoms. The summed E-state index contributed by atoms with van der Waals surface area (Å²) in [5, 5.41) is 4.58. The molecule has 4 nitrogen and oxygen atoms in total. The van der Waals surface area contributed by atoms with Gasteiger partial charge in [-0.1, -0.05) is 0 Å². The minimum atomic E-state index is 0.456. The van der Waals surface area contributed by atoms with Gasteiger partial charge in [-0.25, -0.2) is 9.97 Å². The van der Waals surface area contributed by atoms with E-state index in [0.29, 0.717) is 12.1 Å². The first-order chi connectivity index (χ1) is 8.70. The zero-order valence-corrected chi connectivity index (χ0v) is 12.2. The van der Waals surface area contributed by atoms with Gasteiger partial charge < -0.3 is 10.2 Å². The van der Waals surface area contributed by atoms with E-state index < -0.39 is 0 Å². The lowest BCUT2D eigenvalue weighted by Gasteiger charge is -2.30. The number of hydrogen-bond donors (Lipinski definition) is 1. The van der Waals surface area contributed by atoms with Gasteiger partial charge in [0.05, 0.1) is 0 Å². The van der Waals surface area contributed by atoms with Crippen LogP contribution in [0.5, 0.6) is 0 Å². The van der Waals surface area contributed by atoms with Gasteiger partial charge in [0, 0.05) is 24.7 Å². The molecule has 1 aliphatic heterocycles. The average molecular weight is 266 g/mol. The zero-order chi connectivity index (χ0) is 13.0. The molecule has 18 heavy (non-hydrogen) atoms. The van der Waals surface area contributed by atoms with Crippen LogP contribution >= 0.6 is 11.8 Å². The fourth-order valence-corrected chi connectivity index (χ4v) is 2.69. The molecule has 2 rings (SSSR count). The van der Waals surface area contributed by atoms with Crippen LogP contribution in [0, 0.1) is 0 Å².